The van der Waals surface area contributed by atoms with Crippen LogP contribution in [0.5, 0.6) is 0 Å². The first-order chi connectivity index (χ1) is 18.9. The Morgan fingerprint density at radius 2 is 0.947 bits per heavy atom. The van der Waals surface area contributed by atoms with E-state index in [9.17, 15) is 0 Å². The van der Waals surface area contributed by atoms with Crippen molar-refractivity contribution in [3.8, 4) is 22.6 Å². The predicted molar refractivity (Wildman–Crippen MR) is 158 cm³/mol. The zero-order valence-electron chi connectivity index (χ0n) is 20.6. The molecule has 0 saturated heterocycles. The second-order valence-electron chi connectivity index (χ2n) is 9.66. The molecule has 38 heavy (non-hydrogen) atoms. The molecule has 3 heterocycles. The zero-order valence-corrected chi connectivity index (χ0v) is 20.6. The van der Waals surface area contributed by atoms with Gasteiger partial charge in [-0.2, -0.15) is 0 Å². The van der Waals surface area contributed by atoms with Crippen molar-refractivity contribution < 1.29 is 0 Å². The molecule has 0 fully saturated rings. The minimum atomic E-state index is 0.929. The maximum atomic E-state index is 4.71. The van der Waals surface area contributed by atoms with E-state index in [4.69, 9.17) is 4.98 Å². The number of fused-ring (bicyclic) bond motifs is 7. The van der Waals surface area contributed by atoms with Gasteiger partial charge < -0.3 is 4.57 Å². The molecule has 0 bridgehead atoms. The van der Waals surface area contributed by atoms with Gasteiger partial charge in [-0.15, -0.1) is 0 Å². The fraction of sp³-hybridized carbons (Fsp3) is 0. The summed E-state index contributed by atoms with van der Waals surface area (Å²) in [5.41, 5.74) is 8.34. The number of rotatable bonds is 3. The van der Waals surface area contributed by atoms with Crippen molar-refractivity contribution in [3.05, 3.63) is 140 Å². The Labute approximate surface area is 219 Å². The van der Waals surface area contributed by atoms with E-state index in [0.717, 1.165) is 17.0 Å². The highest BCUT2D eigenvalue weighted by molar-refractivity contribution is 6.28. The van der Waals surface area contributed by atoms with Crippen LogP contribution < -0.4 is 0 Å². The lowest BCUT2D eigenvalue weighted by Crippen LogP contribution is -1.96. The molecule has 0 atom stereocenters. The van der Waals surface area contributed by atoms with Crippen LogP contribution in [0, 0.1) is 0 Å². The maximum Gasteiger partial charge on any atom is 0.137 e. The van der Waals surface area contributed by atoms with Crippen molar-refractivity contribution in [2.24, 2.45) is 0 Å². The summed E-state index contributed by atoms with van der Waals surface area (Å²) in [7, 11) is 0. The Kier molecular flexibility index (Phi) is 4.52. The number of hydrogen-bond acceptors (Lipinski definition) is 1. The van der Waals surface area contributed by atoms with Gasteiger partial charge in [0.15, 0.2) is 0 Å². The van der Waals surface area contributed by atoms with Crippen LogP contribution >= 0.6 is 0 Å². The average molecular weight is 486 g/mol. The van der Waals surface area contributed by atoms with Crippen molar-refractivity contribution in [2.45, 2.75) is 0 Å². The average Bonchev–Trinajstić information content (AvgIpc) is 3.51. The van der Waals surface area contributed by atoms with Crippen LogP contribution in [-0.2, 0) is 0 Å². The van der Waals surface area contributed by atoms with Crippen LogP contribution in [0.25, 0.3) is 66.2 Å². The van der Waals surface area contributed by atoms with Gasteiger partial charge in [-0.3, -0.25) is 4.57 Å². The smallest absolute Gasteiger partial charge is 0.137 e. The number of para-hydroxylation sites is 2. The molecular formula is C35H23N3. The molecule has 3 aromatic heterocycles. The number of pyridine rings is 1. The summed E-state index contributed by atoms with van der Waals surface area (Å²) >= 11 is 0. The second-order valence-corrected chi connectivity index (χ2v) is 9.66. The van der Waals surface area contributed by atoms with E-state index in [0.29, 0.717) is 0 Å². The molecule has 5 aromatic carbocycles. The van der Waals surface area contributed by atoms with E-state index in [1.54, 1.807) is 0 Å². The largest absolute Gasteiger partial charge is 0.309 e. The van der Waals surface area contributed by atoms with Crippen LogP contribution in [0.4, 0.5) is 0 Å². The van der Waals surface area contributed by atoms with Crippen LogP contribution in [-0.4, -0.2) is 14.1 Å². The van der Waals surface area contributed by atoms with E-state index in [-0.39, 0.29) is 0 Å². The number of benzene rings is 5. The number of nitrogens with zero attached hydrogens (tertiary/aromatic N) is 3. The summed E-state index contributed by atoms with van der Waals surface area (Å²) in [6.07, 6.45) is 1.86. The first-order valence-corrected chi connectivity index (χ1v) is 12.9. The summed E-state index contributed by atoms with van der Waals surface area (Å²) in [5.74, 6) is 0.929. The predicted octanol–water partition coefficient (Wildman–Crippen LogP) is 8.94. The molecule has 0 spiro atoms. The van der Waals surface area contributed by atoms with Crippen molar-refractivity contribution >= 4 is 43.6 Å². The van der Waals surface area contributed by atoms with Gasteiger partial charge in [-0.05, 0) is 59.7 Å². The van der Waals surface area contributed by atoms with Gasteiger partial charge in [0.1, 0.15) is 5.82 Å². The van der Waals surface area contributed by atoms with E-state index in [2.05, 4.69) is 130 Å². The van der Waals surface area contributed by atoms with Gasteiger partial charge in [0, 0.05) is 33.4 Å². The molecule has 0 aliphatic carbocycles. The number of aromatic nitrogens is 3. The van der Waals surface area contributed by atoms with E-state index in [1.165, 1.54) is 49.2 Å². The lowest BCUT2D eigenvalue weighted by atomic mass is 10.1. The number of hydrogen-bond donors (Lipinski definition) is 0. The topological polar surface area (TPSA) is 22.8 Å². The summed E-state index contributed by atoms with van der Waals surface area (Å²) < 4.78 is 4.68. The molecule has 0 N–H and O–H groups in total. The van der Waals surface area contributed by atoms with Gasteiger partial charge in [0.2, 0.25) is 0 Å². The highest BCUT2D eigenvalue weighted by Crippen LogP contribution is 2.42. The van der Waals surface area contributed by atoms with Gasteiger partial charge in [-0.1, -0.05) is 84.9 Å². The van der Waals surface area contributed by atoms with Crippen molar-refractivity contribution in [2.75, 3.05) is 0 Å². The molecule has 0 unspecified atom stereocenters. The maximum absolute atomic E-state index is 4.71. The molecule has 0 amide bonds. The SMILES string of the molecule is c1ccc(-c2ccc(-n3c4ccccc4c4c5c6ccccc6n(-c6ccccn6)c5ccc43)cc2)cc1. The van der Waals surface area contributed by atoms with Crippen molar-refractivity contribution in [3.63, 3.8) is 0 Å². The van der Waals surface area contributed by atoms with Crippen molar-refractivity contribution in [1.82, 2.24) is 14.1 Å². The highest BCUT2D eigenvalue weighted by Gasteiger charge is 2.20. The third-order valence-corrected chi connectivity index (χ3v) is 7.58. The van der Waals surface area contributed by atoms with Crippen LogP contribution in [0.3, 0.4) is 0 Å². The highest BCUT2D eigenvalue weighted by atomic mass is 15.1. The quantitative estimate of drug-likeness (QED) is 0.245. The van der Waals surface area contributed by atoms with Gasteiger partial charge in [0.05, 0.1) is 22.1 Å². The molecule has 0 radical (unpaired) electrons. The van der Waals surface area contributed by atoms with E-state index >= 15 is 0 Å². The van der Waals surface area contributed by atoms with Gasteiger partial charge in [0.25, 0.3) is 0 Å². The van der Waals surface area contributed by atoms with E-state index in [1.807, 2.05) is 18.3 Å². The Morgan fingerprint density at radius 1 is 0.395 bits per heavy atom. The lowest BCUT2D eigenvalue weighted by molar-refractivity contribution is 1.08. The molecule has 178 valence electrons. The molecule has 8 aromatic rings. The third-order valence-electron chi connectivity index (χ3n) is 7.58. The van der Waals surface area contributed by atoms with Crippen LogP contribution in [0.1, 0.15) is 0 Å². The summed E-state index contributed by atoms with van der Waals surface area (Å²) in [6, 6.07) is 47.5. The fourth-order valence-electron chi connectivity index (χ4n) is 5.96. The molecule has 8 rings (SSSR count). The minimum Gasteiger partial charge on any atom is -0.309 e. The molecule has 0 aliphatic heterocycles. The normalized spacial score (nSPS) is 11.7. The van der Waals surface area contributed by atoms with Gasteiger partial charge in [-0.25, -0.2) is 4.98 Å². The zero-order chi connectivity index (χ0) is 25.1. The molecular weight excluding hydrogens is 462 g/mol. The summed E-state index contributed by atoms with van der Waals surface area (Å²) in [6.45, 7) is 0. The van der Waals surface area contributed by atoms with Crippen molar-refractivity contribution in [1.29, 1.82) is 0 Å². The minimum absolute atomic E-state index is 0.929. The molecule has 0 aliphatic rings. The first kappa shape index (κ1) is 21.0. The Hall–Kier alpha value is -5.15. The summed E-state index contributed by atoms with van der Waals surface area (Å²) in [4.78, 5) is 4.71. The monoisotopic (exact) mass is 485 g/mol. The second kappa shape index (κ2) is 8.19. The Bertz CT molecular complexity index is 2100. The standard InChI is InChI=1S/C35H23N3/c1-2-10-24(11-3-1)25-17-19-26(20-18-25)37-29-14-6-4-12-27(29)34-31(37)21-22-32-35(34)28-13-5-7-15-30(28)38(32)33-16-8-9-23-36-33/h1-23H. The molecule has 0 saturated carbocycles. The Balaban J connectivity index is 1.46. The molecule has 3 nitrogen and oxygen atoms in total. The first-order valence-electron chi connectivity index (χ1n) is 12.9. The van der Waals surface area contributed by atoms with Gasteiger partial charge >= 0.3 is 0 Å². The third kappa shape index (κ3) is 2.99. The summed E-state index contributed by atoms with van der Waals surface area (Å²) in [5, 5.41) is 5.03. The Morgan fingerprint density at radius 3 is 1.61 bits per heavy atom. The lowest BCUT2D eigenvalue weighted by Gasteiger charge is -2.10. The fourth-order valence-corrected chi connectivity index (χ4v) is 5.96. The van der Waals surface area contributed by atoms with E-state index < -0.39 is 0 Å². The molecule has 3 heteroatoms. The van der Waals surface area contributed by atoms with Crippen LogP contribution in [0.2, 0.25) is 0 Å². The van der Waals surface area contributed by atoms with Crippen LogP contribution in [0.15, 0.2) is 140 Å².